The van der Waals surface area contributed by atoms with Gasteiger partial charge < -0.3 is 15.4 Å². The monoisotopic (exact) mass is 256 g/mol. The second-order valence-corrected chi connectivity index (χ2v) is 5.12. The highest BCUT2D eigenvalue weighted by atomic mass is 16.5. The lowest BCUT2D eigenvalue weighted by Gasteiger charge is -2.20. The fraction of sp³-hybridized carbons (Fsp3) is 0.929. The molecule has 0 aliphatic carbocycles. The van der Waals surface area contributed by atoms with Crippen molar-refractivity contribution < 1.29 is 9.53 Å². The van der Waals surface area contributed by atoms with Crippen molar-refractivity contribution in [2.24, 2.45) is 0 Å². The summed E-state index contributed by atoms with van der Waals surface area (Å²) < 4.78 is 5.55. The fourth-order valence-electron chi connectivity index (χ4n) is 2.24. The first-order valence-electron chi connectivity index (χ1n) is 7.32. The van der Waals surface area contributed by atoms with Crippen LogP contribution < -0.4 is 10.6 Å². The summed E-state index contributed by atoms with van der Waals surface area (Å²) in [5, 5.41) is 6.33. The van der Waals surface area contributed by atoms with Gasteiger partial charge in [0.05, 0.1) is 12.1 Å². The molecule has 0 aromatic heterocycles. The van der Waals surface area contributed by atoms with Gasteiger partial charge in [-0.1, -0.05) is 13.8 Å². The number of nitrogens with one attached hydrogen (secondary N) is 2. The van der Waals surface area contributed by atoms with Gasteiger partial charge in [-0.3, -0.25) is 4.79 Å². The first kappa shape index (κ1) is 15.4. The highest BCUT2D eigenvalue weighted by molar-refractivity contribution is 5.81. The molecule has 0 aromatic carbocycles. The molecule has 0 saturated carbocycles. The maximum Gasteiger partial charge on any atom is 0.237 e. The normalized spacial score (nSPS) is 21.2. The van der Waals surface area contributed by atoms with Gasteiger partial charge in [0.1, 0.15) is 0 Å². The molecule has 1 heterocycles. The van der Waals surface area contributed by atoms with E-state index >= 15 is 0 Å². The van der Waals surface area contributed by atoms with E-state index in [0.717, 1.165) is 38.8 Å². The molecule has 106 valence electrons. The molecule has 1 fully saturated rings. The minimum absolute atomic E-state index is 0.107. The predicted octanol–water partition coefficient (Wildman–Crippen LogP) is 1.84. The molecule has 0 bridgehead atoms. The van der Waals surface area contributed by atoms with E-state index < -0.39 is 0 Å². The van der Waals surface area contributed by atoms with Crippen LogP contribution in [0.4, 0.5) is 0 Å². The fourth-order valence-corrected chi connectivity index (χ4v) is 2.24. The van der Waals surface area contributed by atoms with Crippen LogP contribution in [0.3, 0.4) is 0 Å². The topological polar surface area (TPSA) is 50.4 Å². The zero-order valence-corrected chi connectivity index (χ0v) is 12.0. The third kappa shape index (κ3) is 5.36. The Morgan fingerprint density at radius 3 is 2.67 bits per heavy atom. The van der Waals surface area contributed by atoms with Gasteiger partial charge in [0, 0.05) is 12.6 Å². The number of carbonyl (C=O) groups is 1. The lowest BCUT2D eigenvalue weighted by Crippen LogP contribution is -2.46. The molecule has 18 heavy (non-hydrogen) atoms. The van der Waals surface area contributed by atoms with Crippen LogP contribution in [0, 0.1) is 0 Å². The summed E-state index contributed by atoms with van der Waals surface area (Å²) in [4.78, 5) is 11.9. The van der Waals surface area contributed by atoms with Gasteiger partial charge in [-0.05, 0) is 45.6 Å². The molecule has 1 rings (SSSR count). The van der Waals surface area contributed by atoms with Gasteiger partial charge in [0.25, 0.3) is 0 Å². The third-order valence-electron chi connectivity index (χ3n) is 3.67. The maximum atomic E-state index is 11.9. The van der Waals surface area contributed by atoms with Gasteiger partial charge in [0.2, 0.25) is 5.91 Å². The van der Waals surface area contributed by atoms with Gasteiger partial charge in [-0.15, -0.1) is 0 Å². The number of amides is 1. The zero-order chi connectivity index (χ0) is 13.4. The Bertz CT molecular complexity index is 236. The van der Waals surface area contributed by atoms with E-state index in [-0.39, 0.29) is 11.9 Å². The van der Waals surface area contributed by atoms with Gasteiger partial charge in [-0.25, -0.2) is 0 Å². The molecule has 4 heteroatoms. The van der Waals surface area contributed by atoms with Crippen LogP contribution in [0.25, 0.3) is 0 Å². The van der Waals surface area contributed by atoms with Crippen LogP contribution >= 0.6 is 0 Å². The zero-order valence-electron chi connectivity index (χ0n) is 12.0. The smallest absolute Gasteiger partial charge is 0.237 e. The number of hydrogen-bond donors (Lipinski definition) is 2. The first-order chi connectivity index (χ1) is 8.67. The second kappa shape index (κ2) is 8.48. The first-order valence-corrected chi connectivity index (χ1v) is 7.32. The Morgan fingerprint density at radius 1 is 1.39 bits per heavy atom. The van der Waals surface area contributed by atoms with Crippen molar-refractivity contribution in [1.29, 1.82) is 0 Å². The largest absolute Gasteiger partial charge is 0.378 e. The van der Waals surface area contributed by atoms with Gasteiger partial charge in [0.15, 0.2) is 0 Å². The molecule has 0 radical (unpaired) electrons. The van der Waals surface area contributed by atoms with E-state index in [1.807, 2.05) is 6.92 Å². The molecule has 0 spiro atoms. The van der Waals surface area contributed by atoms with Crippen molar-refractivity contribution in [3.05, 3.63) is 0 Å². The van der Waals surface area contributed by atoms with Crippen LogP contribution in [0.15, 0.2) is 0 Å². The van der Waals surface area contributed by atoms with E-state index in [1.165, 1.54) is 6.42 Å². The highest BCUT2D eigenvalue weighted by Gasteiger charge is 2.18. The Kier molecular flexibility index (Phi) is 7.28. The lowest BCUT2D eigenvalue weighted by atomic mass is 10.1. The summed E-state index contributed by atoms with van der Waals surface area (Å²) in [5.41, 5.74) is 0. The summed E-state index contributed by atoms with van der Waals surface area (Å²) in [6, 6.07) is 0.187. The van der Waals surface area contributed by atoms with E-state index in [0.29, 0.717) is 12.1 Å². The maximum absolute atomic E-state index is 11.9. The van der Waals surface area contributed by atoms with Gasteiger partial charge >= 0.3 is 0 Å². The second-order valence-electron chi connectivity index (χ2n) is 5.12. The van der Waals surface area contributed by atoms with Crippen LogP contribution in [0.5, 0.6) is 0 Å². The van der Waals surface area contributed by atoms with Crippen molar-refractivity contribution in [3.8, 4) is 0 Å². The molecule has 2 unspecified atom stereocenters. The van der Waals surface area contributed by atoms with E-state index in [2.05, 4.69) is 24.5 Å². The molecule has 4 nitrogen and oxygen atoms in total. The summed E-state index contributed by atoms with van der Waals surface area (Å²) in [6.45, 7) is 7.87. The third-order valence-corrected chi connectivity index (χ3v) is 3.67. The van der Waals surface area contributed by atoms with Crippen molar-refractivity contribution in [3.63, 3.8) is 0 Å². The lowest BCUT2D eigenvalue weighted by molar-refractivity contribution is -0.123. The van der Waals surface area contributed by atoms with Crippen molar-refractivity contribution in [2.45, 2.75) is 71.1 Å². The van der Waals surface area contributed by atoms with E-state index in [4.69, 9.17) is 4.74 Å². The number of ether oxygens (including phenoxy) is 1. The van der Waals surface area contributed by atoms with Gasteiger partial charge in [-0.2, -0.15) is 0 Å². The van der Waals surface area contributed by atoms with Crippen LogP contribution in [0.1, 0.15) is 52.9 Å². The Morgan fingerprint density at radius 2 is 2.11 bits per heavy atom. The number of rotatable bonds is 8. The summed E-state index contributed by atoms with van der Waals surface area (Å²) in [7, 11) is 0. The molecular formula is C14H28N2O2. The number of hydrogen-bond acceptors (Lipinski definition) is 3. The van der Waals surface area contributed by atoms with Crippen molar-refractivity contribution in [2.75, 3.05) is 13.2 Å². The quantitative estimate of drug-likeness (QED) is 0.696. The van der Waals surface area contributed by atoms with Crippen molar-refractivity contribution in [1.82, 2.24) is 10.6 Å². The van der Waals surface area contributed by atoms with Crippen LogP contribution in [-0.2, 0) is 9.53 Å². The molecule has 0 aromatic rings. The van der Waals surface area contributed by atoms with Crippen LogP contribution in [-0.4, -0.2) is 37.2 Å². The number of carbonyl (C=O) groups excluding carboxylic acids is 1. The Hall–Kier alpha value is -0.610. The average molecular weight is 256 g/mol. The molecule has 2 atom stereocenters. The summed E-state index contributed by atoms with van der Waals surface area (Å²) >= 11 is 0. The van der Waals surface area contributed by atoms with Crippen LogP contribution in [0.2, 0.25) is 0 Å². The molecule has 1 amide bonds. The SMILES string of the molecule is CCC(CC)NC(=O)C(C)NCCC1CCCO1. The summed E-state index contributed by atoms with van der Waals surface area (Å²) in [6.07, 6.45) is 5.72. The average Bonchev–Trinajstić information content (AvgIpc) is 2.88. The molecule has 1 aliphatic rings. The Balaban J connectivity index is 2.14. The highest BCUT2D eigenvalue weighted by Crippen LogP contribution is 2.14. The minimum atomic E-state index is -0.119. The Labute approximate surface area is 111 Å². The molecule has 1 saturated heterocycles. The molecular weight excluding hydrogens is 228 g/mol. The summed E-state index contributed by atoms with van der Waals surface area (Å²) in [5.74, 6) is 0.107. The van der Waals surface area contributed by atoms with E-state index in [1.54, 1.807) is 0 Å². The molecule has 1 aliphatic heterocycles. The standard InChI is InChI=1S/C14H28N2O2/c1-4-12(5-2)16-14(17)11(3)15-9-8-13-7-6-10-18-13/h11-13,15H,4-10H2,1-3H3,(H,16,17). The predicted molar refractivity (Wildman–Crippen MR) is 73.6 cm³/mol. The molecule has 2 N–H and O–H groups in total. The van der Waals surface area contributed by atoms with Crippen molar-refractivity contribution >= 4 is 5.91 Å². The minimum Gasteiger partial charge on any atom is -0.378 e. The van der Waals surface area contributed by atoms with E-state index in [9.17, 15) is 4.79 Å².